The number of Topliss-reactive ketones (excluding diaryl/α,β-unsaturated/α-hetero) is 1. The summed E-state index contributed by atoms with van der Waals surface area (Å²) in [6, 6.07) is 1.49. The van der Waals surface area contributed by atoms with Gasteiger partial charge in [0.2, 0.25) is 0 Å². The molecule has 1 heterocycles. The molecule has 0 aliphatic heterocycles. The van der Waals surface area contributed by atoms with Gasteiger partial charge in [-0.25, -0.2) is 4.79 Å². The molecule has 0 saturated heterocycles. The van der Waals surface area contributed by atoms with Crippen molar-refractivity contribution in [1.82, 2.24) is 10.3 Å². The first-order valence-corrected chi connectivity index (χ1v) is 6.85. The Hall–Kier alpha value is -2.11. The fourth-order valence-corrected chi connectivity index (χ4v) is 1.72. The number of nitrogens with zero attached hydrogens (tertiary/aromatic N) is 1. The van der Waals surface area contributed by atoms with E-state index in [9.17, 15) is 14.7 Å². The van der Waals surface area contributed by atoms with Crippen molar-refractivity contribution < 1.29 is 19.4 Å². The molecule has 1 amide bonds. The largest absolute Gasteiger partial charge is 0.505 e. The maximum absolute atomic E-state index is 11.4. The number of ketones is 1. The minimum Gasteiger partial charge on any atom is -0.505 e. The molecule has 0 unspecified atom stereocenters. The Morgan fingerprint density at radius 2 is 2.05 bits per heavy atom. The molecule has 0 atom stereocenters. The Kier molecular flexibility index (Phi) is 5.69. The van der Waals surface area contributed by atoms with Gasteiger partial charge in [0.05, 0.1) is 11.3 Å². The van der Waals surface area contributed by atoms with Crippen molar-refractivity contribution in [2.24, 2.45) is 0 Å². The van der Waals surface area contributed by atoms with E-state index in [-0.39, 0.29) is 17.1 Å². The highest BCUT2D eigenvalue weighted by atomic mass is 16.6. The van der Waals surface area contributed by atoms with E-state index in [1.807, 2.05) is 0 Å². The van der Waals surface area contributed by atoms with E-state index in [4.69, 9.17) is 4.74 Å². The van der Waals surface area contributed by atoms with Crippen molar-refractivity contribution in [2.45, 2.75) is 46.1 Å². The van der Waals surface area contributed by atoms with Gasteiger partial charge in [-0.2, -0.15) is 0 Å². The van der Waals surface area contributed by atoms with Crippen LogP contribution in [-0.2, 0) is 11.2 Å². The number of aromatic hydroxyl groups is 1. The van der Waals surface area contributed by atoms with E-state index in [2.05, 4.69) is 10.3 Å². The fraction of sp³-hybridized carbons (Fsp3) is 0.533. The lowest BCUT2D eigenvalue weighted by Crippen LogP contribution is -2.33. The standard InChI is InChI=1S/C15H22N2O4/c1-10(18)11-7-9-16-12(13(11)19)6-5-8-17-14(20)21-15(2,3)4/h7,9,19H,5-6,8H2,1-4H3,(H,17,20). The van der Waals surface area contributed by atoms with Gasteiger partial charge < -0.3 is 15.2 Å². The lowest BCUT2D eigenvalue weighted by atomic mass is 10.1. The van der Waals surface area contributed by atoms with Crippen LogP contribution in [0.2, 0.25) is 0 Å². The molecule has 6 nitrogen and oxygen atoms in total. The normalized spacial score (nSPS) is 11.0. The molecule has 21 heavy (non-hydrogen) atoms. The number of aryl methyl sites for hydroxylation is 1. The SMILES string of the molecule is CC(=O)c1ccnc(CCCNC(=O)OC(C)(C)C)c1O. The van der Waals surface area contributed by atoms with Crippen molar-refractivity contribution in [3.8, 4) is 5.75 Å². The van der Waals surface area contributed by atoms with Crippen molar-refractivity contribution in [1.29, 1.82) is 0 Å². The summed E-state index contributed by atoms with van der Waals surface area (Å²) in [5.74, 6) is -0.287. The first-order valence-electron chi connectivity index (χ1n) is 6.85. The van der Waals surface area contributed by atoms with E-state index < -0.39 is 11.7 Å². The first-order chi connectivity index (χ1) is 9.70. The summed E-state index contributed by atoms with van der Waals surface area (Å²) in [7, 11) is 0. The molecule has 1 aromatic rings. The predicted octanol–water partition coefficient (Wildman–Crippen LogP) is 2.45. The third kappa shape index (κ3) is 5.81. The zero-order valence-electron chi connectivity index (χ0n) is 12.9. The summed E-state index contributed by atoms with van der Waals surface area (Å²) in [4.78, 5) is 26.8. The lowest BCUT2D eigenvalue weighted by Gasteiger charge is -2.19. The summed E-state index contributed by atoms with van der Waals surface area (Å²) in [6.45, 7) is 7.18. The molecule has 0 aliphatic rings. The van der Waals surface area contributed by atoms with Gasteiger partial charge in [0.1, 0.15) is 11.4 Å². The summed E-state index contributed by atoms with van der Waals surface area (Å²) in [6.07, 6.45) is 2.06. The third-order valence-corrected chi connectivity index (χ3v) is 2.64. The molecule has 0 radical (unpaired) electrons. The van der Waals surface area contributed by atoms with Gasteiger partial charge in [-0.15, -0.1) is 0 Å². The number of amides is 1. The van der Waals surface area contributed by atoms with E-state index in [0.717, 1.165) is 0 Å². The van der Waals surface area contributed by atoms with E-state index in [1.54, 1.807) is 20.8 Å². The number of pyridine rings is 1. The number of aromatic nitrogens is 1. The molecule has 0 fully saturated rings. The average molecular weight is 294 g/mol. The van der Waals surface area contributed by atoms with Gasteiger partial charge in [0.15, 0.2) is 5.78 Å². The van der Waals surface area contributed by atoms with Crippen molar-refractivity contribution in [3.63, 3.8) is 0 Å². The number of ether oxygens (including phenoxy) is 1. The van der Waals surface area contributed by atoms with Gasteiger partial charge in [0, 0.05) is 12.7 Å². The minimum absolute atomic E-state index is 0.0812. The Morgan fingerprint density at radius 1 is 1.38 bits per heavy atom. The van der Waals surface area contributed by atoms with Crippen LogP contribution in [0.4, 0.5) is 4.79 Å². The third-order valence-electron chi connectivity index (χ3n) is 2.64. The van der Waals surface area contributed by atoms with Crippen molar-refractivity contribution >= 4 is 11.9 Å². The average Bonchev–Trinajstić information content (AvgIpc) is 2.33. The second-order valence-corrected chi connectivity index (χ2v) is 5.74. The van der Waals surface area contributed by atoms with Crippen LogP contribution in [0.1, 0.15) is 50.2 Å². The van der Waals surface area contributed by atoms with Crippen molar-refractivity contribution in [2.75, 3.05) is 6.54 Å². The van der Waals surface area contributed by atoms with E-state index >= 15 is 0 Å². The summed E-state index contributed by atoms with van der Waals surface area (Å²) in [5.41, 5.74) is 0.188. The van der Waals surface area contributed by atoms with Crippen LogP contribution >= 0.6 is 0 Å². The zero-order chi connectivity index (χ0) is 16.0. The number of alkyl carbamates (subject to hydrolysis) is 1. The second-order valence-electron chi connectivity index (χ2n) is 5.74. The summed E-state index contributed by atoms with van der Waals surface area (Å²) >= 11 is 0. The van der Waals surface area contributed by atoms with Crippen LogP contribution in [0.15, 0.2) is 12.3 Å². The van der Waals surface area contributed by atoms with Gasteiger partial charge >= 0.3 is 6.09 Å². The topological polar surface area (TPSA) is 88.5 Å². The highest BCUT2D eigenvalue weighted by Gasteiger charge is 2.16. The fourth-order valence-electron chi connectivity index (χ4n) is 1.72. The maximum atomic E-state index is 11.4. The summed E-state index contributed by atoms with van der Waals surface area (Å²) < 4.78 is 5.10. The Morgan fingerprint density at radius 3 is 2.62 bits per heavy atom. The molecular formula is C15H22N2O4. The lowest BCUT2D eigenvalue weighted by molar-refractivity contribution is 0.0527. The molecule has 2 N–H and O–H groups in total. The van der Waals surface area contributed by atoms with Crippen LogP contribution < -0.4 is 5.32 Å². The minimum atomic E-state index is -0.528. The maximum Gasteiger partial charge on any atom is 0.407 e. The Bertz CT molecular complexity index is 521. The Balaban J connectivity index is 2.45. The van der Waals surface area contributed by atoms with Gasteiger partial charge in [-0.05, 0) is 46.6 Å². The van der Waals surface area contributed by atoms with Gasteiger partial charge in [0.25, 0.3) is 0 Å². The van der Waals surface area contributed by atoms with Crippen LogP contribution in [-0.4, -0.2) is 34.1 Å². The molecule has 0 saturated carbocycles. The monoisotopic (exact) mass is 294 g/mol. The van der Waals surface area contributed by atoms with E-state index in [0.29, 0.717) is 25.1 Å². The first kappa shape index (κ1) is 16.9. The van der Waals surface area contributed by atoms with Crippen LogP contribution in [0.3, 0.4) is 0 Å². The quantitative estimate of drug-likeness (QED) is 0.643. The molecule has 1 rings (SSSR count). The molecule has 0 aromatic carbocycles. The number of rotatable bonds is 5. The molecular weight excluding hydrogens is 272 g/mol. The molecule has 1 aromatic heterocycles. The number of hydrogen-bond acceptors (Lipinski definition) is 5. The smallest absolute Gasteiger partial charge is 0.407 e. The number of carbonyl (C=O) groups is 2. The number of carbonyl (C=O) groups excluding carboxylic acids is 2. The predicted molar refractivity (Wildman–Crippen MR) is 78.5 cm³/mol. The highest BCUT2D eigenvalue weighted by molar-refractivity contribution is 5.96. The molecule has 0 aliphatic carbocycles. The van der Waals surface area contributed by atoms with Crippen LogP contribution in [0.25, 0.3) is 0 Å². The number of hydrogen-bond donors (Lipinski definition) is 2. The molecule has 0 spiro atoms. The second kappa shape index (κ2) is 7.06. The van der Waals surface area contributed by atoms with Crippen LogP contribution in [0.5, 0.6) is 5.75 Å². The number of nitrogens with one attached hydrogen (secondary N) is 1. The van der Waals surface area contributed by atoms with Crippen LogP contribution in [0, 0.1) is 0 Å². The Labute approximate surface area is 124 Å². The zero-order valence-corrected chi connectivity index (χ0v) is 12.9. The van der Waals surface area contributed by atoms with E-state index in [1.165, 1.54) is 19.2 Å². The highest BCUT2D eigenvalue weighted by Crippen LogP contribution is 2.21. The van der Waals surface area contributed by atoms with Gasteiger partial charge in [-0.1, -0.05) is 0 Å². The molecule has 0 bridgehead atoms. The van der Waals surface area contributed by atoms with Gasteiger partial charge in [-0.3, -0.25) is 9.78 Å². The van der Waals surface area contributed by atoms with Crippen molar-refractivity contribution in [3.05, 3.63) is 23.5 Å². The summed E-state index contributed by atoms with van der Waals surface area (Å²) in [5, 5.41) is 12.6. The molecule has 116 valence electrons. The molecule has 6 heteroatoms.